The van der Waals surface area contributed by atoms with Crippen LogP contribution in [0.3, 0.4) is 0 Å². The van der Waals surface area contributed by atoms with Crippen molar-refractivity contribution in [2.24, 2.45) is 0 Å². The second-order valence-electron chi connectivity index (χ2n) is 5.47. The van der Waals surface area contributed by atoms with Gasteiger partial charge in [-0.1, -0.05) is 19.3 Å². The summed E-state index contributed by atoms with van der Waals surface area (Å²) in [7, 11) is -3.12. The van der Waals surface area contributed by atoms with E-state index in [0.29, 0.717) is 12.6 Å². The van der Waals surface area contributed by atoms with Crippen LogP contribution in [-0.4, -0.2) is 32.8 Å². The summed E-state index contributed by atoms with van der Waals surface area (Å²) in [5.41, 5.74) is -0.412. The van der Waals surface area contributed by atoms with Gasteiger partial charge in [0.2, 0.25) is 10.0 Å². The number of sulfonamides is 1. The third-order valence-electron chi connectivity index (χ3n) is 2.90. The molecule has 0 bridgehead atoms. The lowest BCUT2D eigenvalue weighted by Gasteiger charge is -2.30. The van der Waals surface area contributed by atoms with Gasteiger partial charge in [0.05, 0.1) is 6.26 Å². The number of hydrogen-bond donors (Lipinski definition) is 2. The highest BCUT2D eigenvalue weighted by Gasteiger charge is 2.23. The van der Waals surface area contributed by atoms with E-state index >= 15 is 0 Å². The largest absolute Gasteiger partial charge is 0.312 e. The Morgan fingerprint density at radius 3 is 2.25 bits per heavy atom. The summed E-state index contributed by atoms with van der Waals surface area (Å²) in [5.74, 6) is 0. The topological polar surface area (TPSA) is 58.2 Å². The van der Waals surface area contributed by atoms with E-state index in [1.54, 1.807) is 0 Å². The van der Waals surface area contributed by atoms with Crippen LogP contribution in [0, 0.1) is 0 Å². The monoisotopic (exact) mass is 248 g/mol. The Hall–Kier alpha value is -0.130. The van der Waals surface area contributed by atoms with Gasteiger partial charge in [-0.15, -0.1) is 0 Å². The molecule has 1 aliphatic carbocycles. The molecule has 0 atom stereocenters. The first-order valence-electron chi connectivity index (χ1n) is 6.01. The van der Waals surface area contributed by atoms with Gasteiger partial charge in [-0.2, -0.15) is 0 Å². The fourth-order valence-electron chi connectivity index (χ4n) is 2.24. The van der Waals surface area contributed by atoms with Crippen LogP contribution < -0.4 is 10.0 Å². The van der Waals surface area contributed by atoms with Gasteiger partial charge in [0.1, 0.15) is 0 Å². The number of hydrogen-bond acceptors (Lipinski definition) is 3. The Kier molecular flexibility index (Phi) is 4.76. The molecule has 0 amide bonds. The van der Waals surface area contributed by atoms with Crippen LogP contribution >= 0.6 is 0 Å². The molecule has 0 heterocycles. The second kappa shape index (κ2) is 5.47. The summed E-state index contributed by atoms with van der Waals surface area (Å²) in [4.78, 5) is 0. The van der Waals surface area contributed by atoms with Gasteiger partial charge < -0.3 is 5.32 Å². The Balaban J connectivity index is 2.34. The average Bonchev–Trinajstić information content (AvgIpc) is 2.13. The summed E-state index contributed by atoms with van der Waals surface area (Å²) in [5, 5.41) is 3.46. The smallest absolute Gasteiger partial charge is 0.209 e. The lowest BCUT2D eigenvalue weighted by molar-refractivity contribution is 0.330. The first-order chi connectivity index (χ1) is 7.29. The zero-order valence-corrected chi connectivity index (χ0v) is 11.4. The summed E-state index contributed by atoms with van der Waals surface area (Å²) >= 11 is 0. The minimum atomic E-state index is -3.12. The van der Waals surface area contributed by atoms with Crippen molar-refractivity contribution >= 4 is 10.0 Å². The lowest BCUT2D eigenvalue weighted by atomic mass is 9.94. The highest BCUT2D eigenvalue weighted by molar-refractivity contribution is 7.88. The molecule has 0 aromatic carbocycles. The number of rotatable bonds is 5. The number of nitrogens with one attached hydrogen (secondary N) is 2. The zero-order chi connectivity index (χ0) is 12.2. The quantitative estimate of drug-likeness (QED) is 0.769. The van der Waals surface area contributed by atoms with Gasteiger partial charge in [-0.05, 0) is 26.7 Å². The standard InChI is InChI=1S/C11H24N2O2S/c1-11(2,13-16(3,14)15)9-12-10-7-5-4-6-8-10/h10,12-13H,4-9H2,1-3H3. The van der Waals surface area contributed by atoms with E-state index in [1.807, 2.05) is 13.8 Å². The van der Waals surface area contributed by atoms with Crippen LogP contribution in [0.5, 0.6) is 0 Å². The van der Waals surface area contributed by atoms with Crippen molar-refractivity contribution in [3.05, 3.63) is 0 Å². The first kappa shape index (κ1) is 13.9. The van der Waals surface area contributed by atoms with Crippen LogP contribution in [0.25, 0.3) is 0 Å². The van der Waals surface area contributed by atoms with Gasteiger partial charge in [-0.3, -0.25) is 0 Å². The Morgan fingerprint density at radius 1 is 1.19 bits per heavy atom. The molecule has 1 fully saturated rings. The third kappa shape index (κ3) is 5.82. The van der Waals surface area contributed by atoms with Crippen molar-refractivity contribution in [3.8, 4) is 0 Å². The second-order valence-corrected chi connectivity index (χ2v) is 7.22. The zero-order valence-electron chi connectivity index (χ0n) is 10.5. The molecule has 16 heavy (non-hydrogen) atoms. The first-order valence-corrected chi connectivity index (χ1v) is 7.90. The van der Waals surface area contributed by atoms with Gasteiger partial charge in [-0.25, -0.2) is 13.1 Å². The third-order valence-corrected chi connectivity index (χ3v) is 3.82. The molecule has 0 aromatic rings. The molecule has 0 aromatic heterocycles. The SMILES string of the molecule is CC(C)(CNC1CCCCC1)NS(C)(=O)=O. The van der Waals surface area contributed by atoms with Crippen molar-refractivity contribution < 1.29 is 8.42 Å². The highest BCUT2D eigenvalue weighted by atomic mass is 32.2. The maximum atomic E-state index is 11.2. The molecule has 0 saturated heterocycles. The maximum absolute atomic E-state index is 11.2. The van der Waals surface area contributed by atoms with Crippen LogP contribution in [0.4, 0.5) is 0 Å². The van der Waals surface area contributed by atoms with Gasteiger partial charge in [0, 0.05) is 18.1 Å². The van der Waals surface area contributed by atoms with E-state index in [0.717, 1.165) is 0 Å². The molecular weight excluding hydrogens is 224 g/mol. The molecule has 0 radical (unpaired) electrons. The van der Waals surface area contributed by atoms with E-state index in [9.17, 15) is 8.42 Å². The van der Waals surface area contributed by atoms with Crippen molar-refractivity contribution in [3.63, 3.8) is 0 Å². The molecule has 0 aliphatic heterocycles. The molecule has 1 saturated carbocycles. The summed E-state index contributed by atoms with van der Waals surface area (Å²) < 4.78 is 25.0. The van der Waals surface area contributed by atoms with E-state index in [-0.39, 0.29) is 0 Å². The molecule has 2 N–H and O–H groups in total. The van der Waals surface area contributed by atoms with Crippen LogP contribution in [0.15, 0.2) is 0 Å². The van der Waals surface area contributed by atoms with Gasteiger partial charge in [0.25, 0.3) is 0 Å². The summed E-state index contributed by atoms with van der Waals surface area (Å²) in [6.45, 7) is 4.50. The van der Waals surface area contributed by atoms with Crippen LogP contribution in [-0.2, 0) is 10.0 Å². The van der Waals surface area contributed by atoms with E-state index < -0.39 is 15.6 Å². The molecule has 1 rings (SSSR count). The maximum Gasteiger partial charge on any atom is 0.209 e. The van der Waals surface area contributed by atoms with Gasteiger partial charge in [0.15, 0.2) is 0 Å². The Labute approximate surface area is 99.2 Å². The lowest BCUT2D eigenvalue weighted by Crippen LogP contribution is -2.52. The van der Waals surface area contributed by atoms with Crippen molar-refractivity contribution in [2.45, 2.75) is 57.5 Å². The molecule has 0 unspecified atom stereocenters. The van der Waals surface area contributed by atoms with Crippen LogP contribution in [0.2, 0.25) is 0 Å². The normalized spacial score (nSPS) is 19.9. The molecule has 4 nitrogen and oxygen atoms in total. The fraction of sp³-hybridized carbons (Fsp3) is 1.00. The molecule has 1 aliphatic rings. The summed E-state index contributed by atoms with van der Waals surface area (Å²) in [6.07, 6.45) is 7.55. The van der Waals surface area contributed by atoms with Crippen LogP contribution in [0.1, 0.15) is 46.0 Å². The Morgan fingerprint density at radius 2 is 1.75 bits per heavy atom. The van der Waals surface area contributed by atoms with E-state index in [1.165, 1.54) is 38.4 Å². The minimum Gasteiger partial charge on any atom is -0.312 e. The predicted molar refractivity (Wildman–Crippen MR) is 66.9 cm³/mol. The van der Waals surface area contributed by atoms with Gasteiger partial charge >= 0.3 is 0 Å². The molecule has 0 spiro atoms. The summed E-state index contributed by atoms with van der Waals surface area (Å²) in [6, 6.07) is 0.564. The van der Waals surface area contributed by atoms with Crippen molar-refractivity contribution in [1.82, 2.24) is 10.0 Å². The Bertz CT molecular complexity index is 306. The van der Waals surface area contributed by atoms with Crippen molar-refractivity contribution in [2.75, 3.05) is 12.8 Å². The minimum absolute atomic E-state index is 0.412. The highest BCUT2D eigenvalue weighted by Crippen LogP contribution is 2.17. The van der Waals surface area contributed by atoms with Crippen molar-refractivity contribution in [1.29, 1.82) is 0 Å². The van der Waals surface area contributed by atoms with E-state index in [2.05, 4.69) is 10.0 Å². The molecule has 5 heteroatoms. The fourth-order valence-corrected chi connectivity index (χ4v) is 3.32. The molecule has 96 valence electrons. The average molecular weight is 248 g/mol. The molecular formula is C11H24N2O2S. The predicted octanol–water partition coefficient (Wildman–Crippen LogP) is 1.24. The van der Waals surface area contributed by atoms with E-state index in [4.69, 9.17) is 0 Å².